The first-order valence-electron chi connectivity index (χ1n) is 8.63. The molecule has 1 N–H and O–H groups in total. The number of carbonyl (C=O) groups is 1. The van der Waals surface area contributed by atoms with Crippen LogP contribution in [0, 0.1) is 10.1 Å². The van der Waals surface area contributed by atoms with Crippen molar-refractivity contribution >= 4 is 48.4 Å². The molecule has 2 aromatic carbocycles. The minimum Gasteiger partial charge on any atom is -0.395 e. The van der Waals surface area contributed by atoms with Crippen molar-refractivity contribution in [3.63, 3.8) is 0 Å². The van der Waals surface area contributed by atoms with Crippen LogP contribution in [-0.2, 0) is 19.1 Å². The van der Waals surface area contributed by atoms with Crippen LogP contribution in [0.4, 0.5) is 19.6 Å². The lowest BCUT2D eigenvalue weighted by atomic mass is 10.3. The van der Waals surface area contributed by atoms with Crippen LogP contribution in [0.25, 0.3) is 10.2 Å². The van der Waals surface area contributed by atoms with Crippen molar-refractivity contribution in [1.82, 2.24) is 4.98 Å². The molecule has 0 fully saturated rings. The number of aromatic nitrogens is 1. The molecule has 1 amide bonds. The predicted octanol–water partition coefficient (Wildman–Crippen LogP) is 3.26. The molecule has 0 unspecified atom stereocenters. The molecule has 4 rings (SSSR count). The van der Waals surface area contributed by atoms with Crippen LogP contribution in [0.5, 0.6) is 11.5 Å². The van der Waals surface area contributed by atoms with Gasteiger partial charge in [-0.15, -0.1) is 8.78 Å². The van der Waals surface area contributed by atoms with E-state index in [0.717, 1.165) is 30.4 Å². The summed E-state index contributed by atoms with van der Waals surface area (Å²) in [6.07, 6.45) is -5.35. The van der Waals surface area contributed by atoms with Gasteiger partial charge in [0.15, 0.2) is 27.6 Å². The minimum atomic E-state index is -4.64. The molecule has 11 nitrogen and oxygen atoms in total. The van der Waals surface area contributed by atoms with Crippen LogP contribution in [0.3, 0.4) is 0 Å². The van der Waals surface area contributed by atoms with E-state index in [-0.39, 0.29) is 22.1 Å². The fourth-order valence-corrected chi connectivity index (χ4v) is 4.83. The number of hydrogen-bond donors (Lipinski definition) is 1. The highest BCUT2D eigenvalue weighted by Gasteiger charge is 2.43. The van der Waals surface area contributed by atoms with Gasteiger partial charge < -0.3 is 9.47 Å². The lowest BCUT2D eigenvalue weighted by Gasteiger charge is -2.12. The van der Waals surface area contributed by atoms with Crippen LogP contribution in [0.1, 0.15) is 6.92 Å². The maximum Gasteiger partial charge on any atom is 0.586 e. The number of nitrogens with one attached hydrogen (secondary N) is 1. The number of benzene rings is 2. The summed E-state index contributed by atoms with van der Waals surface area (Å²) >= 11 is 0.912. The lowest BCUT2D eigenvalue weighted by molar-refractivity contribution is -0.387. The first-order chi connectivity index (χ1) is 14.9. The Balaban J connectivity index is 1.50. The Hall–Kier alpha value is -3.43. The number of para-hydroxylation sites is 1. The van der Waals surface area contributed by atoms with Gasteiger partial charge >= 0.3 is 16.4 Å². The van der Waals surface area contributed by atoms with Crippen LogP contribution in [0.15, 0.2) is 41.3 Å². The molecule has 1 aliphatic heterocycles. The number of hydrogen-bond acceptors (Lipinski definition) is 10. The molecule has 3 aromatic rings. The van der Waals surface area contributed by atoms with Gasteiger partial charge in [-0.3, -0.25) is 24.4 Å². The van der Waals surface area contributed by atoms with Crippen molar-refractivity contribution in [3.8, 4) is 11.5 Å². The SMILES string of the molecule is C[C@H](OS(=O)(=O)c1ccccc1[N+](=O)[O-])C(=O)Nc1nc2cc3c(cc2s1)OC(F)(F)O3. The molecule has 0 aliphatic carbocycles. The van der Waals surface area contributed by atoms with Gasteiger partial charge in [0.05, 0.1) is 15.1 Å². The molecule has 0 saturated heterocycles. The molecule has 0 saturated carbocycles. The van der Waals surface area contributed by atoms with Crippen LogP contribution < -0.4 is 14.8 Å². The lowest BCUT2D eigenvalue weighted by Crippen LogP contribution is -2.30. The summed E-state index contributed by atoms with van der Waals surface area (Å²) in [4.78, 5) is 25.9. The highest BCUT2D eigenvalue weighted by molar-refractivity contribution is 7.87. The predicted molar refractivity (Wildman–Crippen MR) is 105 cm³/mol. The van der Waals surface area contributed by atoms with Crippen LogP contribution in [-0.4, -0.2) is 36.6 Å². The Kier molecular flexibility index (Phi) is 5.18. The highest BCUT2D eigenvalue weighted by Crippen LogP contribution is 2.44. The fourth-order valence-electron chi connectivity index (χ4n) is 2.74. The number of fused-ring (bicyclic) bond motifs is 2. The minimum absolute atomic E-state index is 0.0268. The number of amides is 1. The average molecular weight is 487 g/mol. The van der Waals surface area contributed by atoms with Gasteiger partial charge in [-0.05, 0) is 13.0 Å². The number of thiazole rings is 1. The molecule has 32 heavy (non-hydrogen) atoms. The van der Waals surface area contributed by atoms with Gasteiger partial charge in [-0.2, -0.15) is 8.42 Å². The number of nitro benzene ring substituents is 1. The normalized spacial score (nSPS) is 15.5. The molecule has 15 heteroatoms. The smallest absolute Gasteiger partial charge is 0.395 e. The van der Waals surface area contributed by atoms with Crippen LogP contribution >= 0.6 is 11.3 Å². The summed E-state index contributed by atoms with van der Waals surface area (Å²) in [5, 5.41) is 13.4. The molecule has 1 aromatic heterocycles. The zero-order chi connectivity index (χ0) is 23.3. The van der Waals surface area contributed by atoms with E-state index in [0.29, 0.717) is 4.70 Å². The van der Waals surface area contributed by atoms with Gasteiger partial charge in [0.1, 0.15) is 0 Å². The molecule has 0 radical (unpaired) electrons. The number of carbonyl (C=O) groups excluding carboxylic acids is 1. The van der Waals surface area contributed by atoms with Gasteiger partial charge in [0.2, 0.25) is 0 Å². The van der Waals surface area contributed by atoms with Crippen molar-refractivity contribution in [2.45, 2.75) is 24.2 Å². The van der Waals surface area contributed by atoms with Crippen molar-refractivity contribution < 1.29 is 40.6 Å². The van der Waals surface area contributed by atoms with Gasteiger partial charge in [-0.25, -0.2) is 4.98 Å². The molecule has 168 valence electrons. The zero-order valence-electron chi connectivity index (χ0n) is 15.8. The van der Waals surface area contributed by atoms with E-state index >= 15 is 0 Å². The Morgan fingerprint density at radius 2 is 1.94 bits per heavy atom. The maximum absolute atomic E-state index is 13.1. The standard InChI is InChI=1S/C17H11F2N3O8S2/c1-8(30-32(26,27)14-5-3-2-4-10(14)22(24)25)15(23)21-16-20-9-6-11-12(7-13(9)31-16)29-17(18,19)28-11/h2-8H,1H3,(H,20,21,23)/t8-/m0/s1. The third kappa shape index (κ3) is 4.17. The van der Waals surface area contributed by atoms with E-state index in [9.17, 15) is 32.1 Å². The molecule has 1 aliphatic rings. The van der Waals surface area contributed by atoms with E-state index in [4.69, 9.17) is 4.18 Å². The largest absolute Gasteiger partial charge is 0.586 e. The first-order valence-corrected chi connectivity index (χ1v) is 10.9. The number of nitro groups is 1. The number of halogens is 2. The average Bonchev–Trinajstić information content (AvgIpc) is 3.22. The maximum atomic E-state index is 13.1. The molecule has 2 heterocycles. The topological polar surface area (TPSA) is 147 Å². The zero-order valence-corrected chi connectivity index (χ0v) is 17.4. The van der Waals surface area contributed by atoms with Crippen LogP contribution in [0.2, 0.25) is 0 Å². The Morgan fingerprint density at radius 3 is 2.62 bits per heavy atom. The Morgan fingerprint density at radius 1 is 1.28 bits per heavy atom. The fraction of sp³-hybridized carbons (Fsp3) is 0.176. The second kappa shape index (κ2) is 7.61. The summed E-state index contributed by atoms with van der Waals surface area (Å²) in [6.45, 7) is 1.13. The van der Waals surface area contributed by atoms with Gasteiger partial charge in [-0.1, -0.05) is 23.5 Å². The Labute approximate surface area is 181 Å². The molecular weight excluding hydrogens is 476 g/mol. The summed E-state index contributed by atoms with van der Waals surface area (Å²) in [7, 11) is -4.64. The number of rotatable bonds is 6. The van der Waals surface area contributed by atoms with E-state index in [1.807, 2.05) is 0 Å². The monoisotopic (exact) mass is 487 g/mol. The number of anilines is 1. The summed E-state index contributed by atoms with van der Waals surface area (Å²) in [6, 6.07) is 7.00. The van der Waals surface area contributed by atoms with E-state index in [2.05, 4.69) is 19.8 Å². The third-order valence-corrected chi connectivity index (χ3v) is 6.47. The highest BCUT2D eigenvalue weighted by atomic mass is 32.2. The summed E-state index contributed by atoms with van der Waals surface area (Å²) < 4.78 is 65.0. The van der Waals surface area contributed by atoms with Gasteiger partial charge in [0.25, 0.3) is 11.6 Å². The summed E-state index contributed by atoms with van der Waals surface area (Å²) in [5.41, 5.74) is -0.471. The number of alkyl halides is 2. The molecular formula is C17H11F2N3O8S2. The van der Waals surface area contributed by atoms with Crippen molar-refractivity contribution in [2.75, 3.05) is 5.32 Å². The molecule has 0 spiro atoms. The van der Waals surface area contributed by atoms with Gasteiger partial charge in [0, 0.05) is 18.2 Å². The van der Waals surface area contributed by atoms with E-state index in [1.54, 1.807) is 0 Å². The molecule has 0 bridgehead atoms. The quantitative estimate of drug-likeness (QED) is 0.314. The Bertz CT molecular complexity index is 1310. The van der Waals surface area contributed by atoms with E-state index in [1.165, 1.54) is 24.3 Å². The number of nitrogens with zero attached hydrogens (tertiary/aromatic N) is 2. The first kappa shape index (κ1) is 21.8. The van der Waals surface area contributed by atoms with E-state index < -0.39 is 43.9 Å². The third-order valence-electron chi connectivity index (χ3n) is 4.11. The van der Waals surface area contributed by atoms with Crippen molar-refractivity contribution in [2.24, 2.45) is 0 Å². The second-order valence-corrected chi connectivity index (χ2v) is 8.93. The number of ether oxygens (including phenoxy) is 2. The molecule has 1 atom stereocenters. The second-order valence-electron chi connectivity index (χ2n) is 6.36. The van der Waals surface area contributed by atoms with Crippen molar-refractivity contribution in [1.29, 1.82) is 0 Å². The van der Waals surface area contributed by atoms with Crippen molar-refractivity contribution in [3.05, 3.63) is 46.5 Å². The summed E-state index contributed by atoms with van der Waals surface area (Å²) in [5.74, 6) is -1.33.